The Morgan fingerprint density at radius 1 is 1.29 bits per heavy atom. The molecule has 21 heavy (non-hydrogen) atoms. The van der Waals surface area contributed by atoms with Crippen LogP contribution in [0.2, 0.25) is 0 Å². The van der Waals surface area contributed by atoms with Gasteiger partial charge in [0.15, 0.2) is 0 Å². The fraction of sp³-hybridized carbons (Fsp3) is 0.733. The van der Waals surface area contributed by atoms with Crippen molar-refractivity contribution in [1.82, 2.24) is 9.97 Å². The van der Waals surface area contributed by atoms with Crippen LogP contribution in [0.3, 0.4) is 0 Å². The summed E-state index contributed by atoms with van der Waals surface area (Å²) in [6.07, 6.45) is 2.12. The lowest BCUT2D eigenvalue weighted by Crippen LogP contribution is -2.38. The molecule has 0 aliphatic carbocycles. The molecule has 1 aromatic rings. The third kappa shape index (κ3) is 4.82. The standard InChI is InChI=1S/C15H29N5O/c1-6-12(7-2)20(8-9-21-5)14-10-13(19-16)17-15(18-14)11(3)4/h10-12H,6-9,16H2,1-5H3,(H,17,18,19). The lowest BCUT2D eigenvalue weighted by Gasteiger charge is -2.32. The highest BCUT2D eigenvalue weighted by Gasteiger charge is 2.19. The smallest absolute Gasteiger partial charge is 0.145 e. The molecule has 0 spiro atoms. The van der Waals surface area contributed by atoms with E-state index >= 15 is 0 Å². The number of hydrogen-bond acceptors (Lipinski definition) is 6. The van der Waals surface area contributed by atoms with E-state index < -0.39 is 0 Å². The monoisotopic (exact) mass is 295 g/mol. The Bertz CT molecular complexity index is 421. The van der Waals surface area contributed by atoms with Gasteiger partial charge in [0, 0.05) is 31.7 Å². The van der Waals surface area contributed by atoms with Crippen LogP contribution in [0.4, 0.5) is 11.6 Å². The summed E-state index contributed by atoms with van der Waals surface area (Å²) in [5.74, 6) is 8.16. The first-order chi connectivity index (χ1) is 10.1. The Hall–Kier alpha value is -1.40. The van der Waals surface area contributed by atoms with E-state index in [9.17, 15) is 0 Å². The summed E-state index contributed by atoms with van der Waals surface area (Å²) in [5, 5.41) is 0. The van der Waals surface area contributed by atoms with Gasteiger partial charge in [0.1, 0.15) is 17.5 Å². The zero-order valence-electron chi connectivity index (χ0n) is 13.9. The predicted molar refractivity (Wildman–Crippen MR) is 87.5 cm³/mol. The van der Waals surface area contributed by atoms with Gasteiger partial charge in [-0.3, -0.25) is 0 Å². The van der Waals surface area contributed by atoms with Crippen molar-refractivity contribution in [2.75, 3.05) is 30.6 Å². The minimum absolute atomic E-state index is 0.253. The van der Waals surface area contributed by atoms with Gasteiger partial charge in [-0.15, -0.1) is 0 Å². The third-order valence-corrected chi connectivity index (χ3v) is 3.61. The molecule has 6 heteroatoms. The Morgan fingerprint density at radius 2 is 1.95 bits per heavy atom. The maximum Gasteiger partial charge on any atom is 0.145 e. The number of nitrogens with two attached hydrogens (primary N) is 1. The van der Waals surface area contributed by atoms with Crippen LogP contribution in [-0.4, -0.2) is 36.3 Å². The van der Waals surface area contributed by atoms with Gasteiger partial charge in [-0.1, -0.05) is 27.7 Å². The van der Waals surface area contributed by atoms with Gasteiger partial charge in [-0.2, -0.15) is 0 Å². The third-order valence-electron chi connectivity index (χ3n) is 3.61. The summed E-state index contributed by atoms with van der Waals surface area (Å²) < 4.78 is 5.24. The first-order valence-electron chi connectivity index (χ1n) is 7.68. The Balaban J connectivity index is 3.18. The maximum atomic E-state index is 5.55. The molecule has 120 valence electrons. The summed E-state index contributed by atoms with van der Waals surface area (Å²) in [6.45, 7) is 10.0. The van der Waals surface area contributed by atoms with Crippen LogP contribution in [0.25, 0.3) is 0 Å². The van der Waals surface area contributed by atoms with Crippen molar-refractivity contribution in [3.05, 3.63) is 11.9 Å². The molecular formula is C15H29N5O. The van der Waals surface area contributed by atoms with E-state index in [-0.39, 0.29) is 5.92 Å². The summed E-state index contributed by atoms with van der Waals surface area (Å²) >= 11 is 0. The molecule has 1 aromatic heterocycles. The fourth-order valence-electron chi connectivity index (χ4n) is 2.34. The molecule has 0 amide bonds. The molecule has 0 aliphatic heterocycles. The number of nitrogen functional groups attached to an aromatic ring is 1. The molecule has 3 N–H and O–H groups in total. The highest BCUT2D eigenvalue weighted by atomic mass is 16.5. The zero-order chi connectivity index (χ0) is 15.8. The van der Waals surface area contributed by atoms with Crippen molar-refractivity contribution in [3.8, 4) is 0 Å². The SMILES string of the molecule is CCC(CC)N(CCOC)c1cc(NN)nc(C(C)C)n1. The lowest BCUT2D eigenvalue weighted by molar-refractivity contribution is 0.202. The molecule has 0 saturated heterocycles. The van der Waals surface area contributed by atoms with Crippen molar-refractivity contribution < 1.29 is 4.74 Å². The van der Waals surface area contributed by atoms with Crippen molar-refractivity contribution in [3.63, 3.8) is 0 Å². The molecule has 0 bridgehead atoms. The number of hydrazine groups is 1. The van der Waals surface area contributed by atoms with Crippen LogP contribution in [0.1, 0.15) is 52.3 Å². The number of nitrogens with zero attached hydrogens (tertiary/aromatic N) is 3. The quantitative estimate of drug-likeness (QED) is 0.538. The zero-order valence-corrected chi connectivity index (χ0v) is 13.9. The second-order valence-corrected chi connectivity index (χ2v) is 5.43. The molecule has 0 aromatic carbocycles. The molecule has 0 atom stereocenters. The summed E-state index contributed by atoms with van der Waals surface area (Å²) in [5.41, 5.74) is 2.64. The van der Waals surface area contributed by atoms with Gasteiger partial charge in [0.05, 0.1) is 6.61 Å². The number of anilines is 2. The van der Waals surface area contributed by atoms with Gasteiger partial charge in [0.2, 0.25) is 0 Å². The van der Waals surface area contributed by atoms with Crippen molar-refractivity contribution in [2.24, 2.45) is 5.84 Å². The molecule has 0 saturated carbocycles. The fourth-order valence-corrected chi connectivity index (χ4v) is 2.34. The highest BCUT2D eigenvalue weighted by Crippen LogP contribution is 2.23. The van der Waals surface area contributed by atoms with Gasteiger partial charge in [-0.05, 0) is 12.8 Å². The van der Waals surface area contributed by atoms with Crippen LogP contribution >= 0.6 is 0 Å². The summed E-state index contributed by atoms with van der Waals surface area (Å²) in [6, 6.07) is 2.33. The Morgan fingerprint density at radius 3 is 2.43 bits per heavy atom. The number of nitrogens with one attached hydrogen (secondary N) is 1. The van der Waals surface area contributed by atoms with E-state index in [1.807, 2.05) is 6.07 Å². The molecular weight excluding hydrogens is 266 g/mol. The molecule has 6 nitrogen and oxygen atoms in total. The Labute approximate surface area is 128 Å². The average Bonchev–Trinajstić information content (AvgIpc) is 2.50. The summed E-state index contributed by atoms with van der Waals surface area (Å²) in [7, 11) is 1.72. The number of ether oxygens (including phenoxy) is 1. The van der Waals surface area contributed by atoms with Gasteiger partial charge >= 0.3 is 0 Å². The van der Waals surface area contributed by atoms with Crippen LogP contribution in [0, 0.1) is 0 Å². The molecule has 1 rings (SSSR count). The van der Waals surface area contributed by atoms with Gasteiger partial charge in [0.25, 0.3) is 0 Å². The molecule has 1 heterocycles. The van der Waals surface area contributed by atoms with Crippen molar-refractivity contribution in [2.45, 2.75) is 52.5 Å². The van der Waals surface area contributed by atoms with E-state index in [1.165, 1.54) is 0 Å². The van der Waals surface area contributed by atoms with E-state index in [4.69, 9.17) is 15.6 Å². The molecule has 0 fully saturated rings. The average molecular weight is 295 g/mol. The number of methoxy groups -OCH3 is 1. The summed E-state index contributed by atoms with van der Waals surface area (Å²) in [4.78, 5) is 11.4. The second kappa shape index (κ2) is 8.79. The molecule has 0 radical (unpaired) electrons. The van der Waals surface area contributed by atoms with E-state index in [0.717, 1.165) is 31.0 Å². The highest BCUT2D eigenvalue weighted by molar-refractivity contribution is 5.50. The molecule has 0 aliphatic rings. The lowest BCUT2D eigenvalue weighted by atomic mass is 10.1. The topological polar surface area (TPSA) is 76.3 Å². The van der Waals surface area contributed by atoms with Crippen molar-refractivity contribution in [1.29, 1.82) is 0 Å². The van der Waals surface area contributed by atoms with Crippen LogP contribution < -0.4 is 16.2 Å². The van der Waals surface area contributed by atoms with Gasteiger partial charge < -0.3 is 15.1 Å². The number of rotatable bonds is 9. The second-order valence-electron chi connectivity index (χ2n) is 5.43. The minimum atomic E-state index is 0.253. The number of aromatic nitrogens is 2. The van der Waals surface area contributed by atoms with Gasteiger partial charge in [-0.25, -0.2) is 15.8 Å². The Kier molecular flexibility index (Phi) is 7.39. The largest absolute Gasteiger partial charge is 0.383 e. The number of hydrogen-bond donors (Lipinski definition) is 2. The van der Waals surface area contributed by atoms with Crippen molar-refractivity contribution >= 4 is 11.6 Å². The normalized spacial score (nSPS) is 11.2. The molecule has 0 unspecified atom stereocenters. The van der Waals surface area contributed by atoms with Crippen LogP contribution in [0.15, 0.2) is 6.07 Å². The van der Waals surface area contributed by atoms with E-state index in [1.54, 1.807) is 7.11 Å². The van der Waals surface area contributed by atoms with Crippen LogP contribution in [0.5, 0.6) is 0 Å². The maximum absolute atomic E-state index is 5.55. The first-order valence-corrected chi connectivity index (χ1v) is 7.68. The predicted octanol–water partition coefficient (Wildman–Crippen LogP) is 2.53. The van der Waals surface area contributed by atoms with E-state index in [0.29, 0.717) is 18.5 Å². The first kappa shape index (κ1) is 17.7. The van der Waals surface area contributed by atoms with Crippen LogP contribution in [-0.2, 0) is 4.74 Å². The van der Waals surface area contributed by atoms with E-state index in [2.05, 4.69) is 43.0 Å². The minimum Gasteiger partial charge on any atom is -0.383 e.